The molecule has 0 aliphatic rings. The molecule has 0 saturated heterocycles. The first kappa shape index (κ1) is 15.1. The largest absolute Gasteiger partial charge is 0.465 e. The van der Waals surface area contributed by atoms with E-state index in [4.69, 9.17) is 0 Å². The molecule has 0 bridgehead atoms. The number of carbonyl (C=O) groups excluding carboxylic acids is 1. The topological polar surface area (TPSA) is 51.5 Å². The molecule has 0 fully saturated rings. The molecule has 0 atom stereocenters. The van der Waals surface area contributed by atoms with Crippen LogP contribution in [0.2, 0.25) is 0 Å². The quantitative estimate of drug-likeness (QED) is 0.530. The summed E-state index contributed by atoms with van der Waals surface area (Å²) in [6.07, 6.45) is 1.73. The van der Waals surface area contributed by atoms with Gasteiger partial charge in [-0.15, -0.1) is 11.3 Å². The number of aliphatic imine (C=N–C) groups is 1. The van der Waals surface area contributed by atoms with Crippen LogP contribution >= 0.6 is 11.3 Å². The number of hydrogen-bond acceptors (Lipinski definition) is 5. The molecule has 1 heterocycles. The van der Waals surface area contributed by atoms with E-state index in [1.807, 2.05) is 47.8 Å². The number of esters is 1. The summed E-state index contributed by atoms with van der Waals surface area (Å²) >= 11 is 1.49. The van der Waals surface area contributed by atoms with Gasteiger partial charge in [0.05, 0.1) is 18.4 Å². The molecule has 23 heavy (non-hydrogen) atoms. The standard InChI is InChI=1S/C18H14N2O2S/c1-22-17(21)15-9-7-13(8-10-15)11-19-18-20-16(12-23-18)14-5-3-2-4-6-14/h2-12H,1H3. The minimum atomic E-state index is -0.346. The molecule has 114 valence electrons. The smallest absolute Gasteiger partial charge is 0.337 e. The molecular formula is C18H14N2O2S. The molecule has 4 nitrogen and oxygen atoms in total. The van der Waals surface area contributed by atoms with Gasteiger partial charge >= 0.3 is 5.97 Å². The van der Waals surface area contributed by atoms with Crippen LogP contribution in [0.25, 0.3) is 11.3 Å². The van der Waals surface area contributed by atoms with Gasteiger partial charge in [0, 0.05) is 17.2 Å². The molecule has 2 aromatic carbocycles. The van der Waals surface area contributed by atoms with Crippen molar-refractivity contribution in [2.24, 2.45) is 4.99 Å². The average molecular weight is 322 g/mol. The molecule has 3 aromatic rings. The SMILES string of the molecule is COC(=O)c1ccc(C=Nc2nc(-c3ccccc3)cs2)cc1. The molecule has 0 amide bonds. The number of hydrogen-bond donors (Lipinski definition) is 0. The van der Waals surface area contributed by atoms with Crippen LogP contribution in [-0.2, 0) is 4.74 Å². The monoisotopic (exact) mass is 322 g/mol. The Morgan fingerprint density at radius 2 is 1.87 bits per heavy atom. The van der Waals surface area contributed by atoms with E-state index < -0.39 is 0 Å². The van der Waals surface area contributed by atoms with Crippen molar-refractivity contribution in [3.05, 3.63) is 71.1 Å². The fourth-order valence-electron chi connectivity index (χ4n) is 2.02. The van der Waals surface area contributed by atoms with E-state index in [-0.39, 0.29) is 5.97 Å². The van der Waals surface area contributed by atoms with Crippen LogP contribution in [0.4, 0.5) is 5.13 Å². The lowest BCUT2D eigenvalue weighted by Crippen LogP contribution is -2.00. The molecule has 0 saturated carbocycles. The first-order valence-electron chi connectivity index (χ1n) is 6.99. The minimum absolute atomic E-state index is 0.346. The number of carbonyl (C=O) groups is 1. The Morgan fingerprint density at radius 3 is 2.57 bits per heavy atom. The lowest BCUT2D eigenvalue weighted by Gasteiger charge is -1.98. The fourth-order valence-corrected chi connectivity index (χ4v) is 2.69. The van der Waals surface area contributed by atoms with Crippen molar-refractivity contribution in [1.82, 2.24) is 4.98 Å². The first-order chi connectivity index (χ1) is 11.3. The summed E-state index contributed by atoms with van der Waals surface area (Å²) < 4.78 is 4.67. The van der Waals surface area contributed by atoms with Gasteiger partial charge in [0.15, 0.2) is 0 Å². The van der Waals surface area contributed by atoms with E-state index in [0.29, 0.717) is 10.7 Å². The van der Waals surface area contributed by atoms with Gasteiger partial charge in [-0.1, -0.05) is 42.5 Å². The van der Waals surface area contributed by atoms with Gasteiger partial charge in [0.25, 0.3) is 0 Å². The lowest BCUT2D eigenvalue weighted by molar-refractivity contribution is 0.0600. The summed E-state index contributed by atoms with van der Waals surface area (Å²) in [4.78, 5) is 20.3. The maximum atomic E-state index is 11.4. The molecule has 0 N–H and O–H groups in total. The fraction of sp³-hybridized carbons (Fsp3) is 0.0556. The van der Waals surface area contributed by atoms with Crippen LogP contribution in [0.3, 0.4) is 0 Å². The summed E-state index contributed by atoms with van der Waals surface area (Å²) in [5.41, 5.74) is 3.41. The zero-order valence-corrected chi connectivity index (χ0v) is 13.3. The van der Waals surface area contributed by atoms with Crippen LogP contribution in [0.1, 0.15) is 15.9 Å². The Balaban J connectivity index is 1.73. The van der Waals surface area contributed by atoms with Crippen LogP contribution in [0.15, 0.2) is 65.0 Å². The van der Waals surface area contributed by atoms with E-state index in [9.17, 15) is 4.79 Å². The summed E-state index contributed by atoms with van der Waals surface area (Å²) in [5, 5.41) is 2.68. The number of rotatable bonds is 4. The summed E-state index contributed by atoms with van der Waals surface area (Å²) in [6, 6.07) is 17.1. The van der Waals surface area contributed by atoms with Crippen molar-refractivity contribution in [3.63, 3.8) is 0 Å². The van der Waals surface area contributed by atoms with Gasteiger partial charge in [0.1, 0.15) is 0 Å². The second-order valence-corrected chi connectivity index (χ2v) is 5.59. The van der Waals surface area contributed by atoms with Gasteiger partial charge in [-0.25, -0.2) is 14.8 Å². The van der Waals surface area contributed by atoms with Crippen LogP contribution in [0, 0.1) is 0 Å². The Labute approximate surface area is 138 Å². The molecule has 3 rings (SSSR count). The number of nitrogens with zero attached hydrogens (tertiary/aromatic N) is 2. The van der Waals surface area contributed by atoms with Gasteiger partial charge in [-0.3, -0.25) is 0 Å². The van der Waals surface area contributed by atoms with E-state index in [0.717, 1.165) is 16.8 Å². The molecule has 0 radical (unpaired) electrons. The third-order valence-corrected chi connectivity index (χ3v) is 3.97. The van der Waals surface area contributed by atoms with Crippen molar-refractivity contribution in [3.8, 4) is 11.3 Å². The Bertz CT molecular complexity index is 824. The Kier molecular flexibility index (Phi) is 4.59. The number of ether oxygens (including phenoxy) is 1. The van der Waals surface area contributed by atoms with E-state index in [1.54, 1.807) is 18.3 Å². The summed E-state index contributed by atoms with van der Waals surface area (Å²) in [6.45, 7) is 0. The molecule has 0 unspecified atom stereocenters. The first-order valence-corrected chi connectivity index (χ1v) is 7.87. The maximum absolute atomic E-state index is 11.4. The average Bonchev–Trinajstić information content (AvgIpc) is 3.09. The number of methoxy groups -OCH3 is 1. The molecule has 0 spiro atoms. The highest BCUT2D eigenvalue weighted by Gasteiger charge is 2.04. The van der Waals surface area contributed by atoms with Gasteiger partial charge in [-0.05, 0) is 17.7 Å². The zero-order chi connectivity index (χ0) is 16.1. The third-order valence-electron chi connectivity index (χ3n) is 3.22. The van der Waals surface area contributed by atoms with E-state index in [2.05, 4.69) is 14.7 Å². The van der Waals surface area contributed by atoms with E-state index in [1.165, 1.54) is 18.4 Å². The van der Waals surface area contributed by atoms with Crippen LogP contribution in [0.5, 0.6) is 0 Å². The van der Waals surface area contributed by atoms with Crippen molar-refractivity contribution in [2.75, 3.05) is 7.11 Å². The van der Waals surface area contributed by atoms with Gasteiger partial charge in [0.2, 0.25) is 5.13 Å². The van der Waals surface area contributed by atoms with Crippen LogP contribution < -0.4 is 0 Å². The Morgan fingerprint density at radius 1 is 1.13 bits per heavy atom. The zero-order valence-electron chi connectivity index (χ0n) is 12.5. The van der Waals surface area contributed by atoms with Gasteiger partial charge < -0.3 is 4.74 Å². The number of aromatic nitrogens is 1. The highest BCUT2D eigenvalue weighted by atomic mass is 32.1. The van der Waals surface area contributed by atoms with E-state index >= 15 is 0 Å². The molecule has 0 aliphatic heterocycles. The highest BCUT2D eigenvalue weighted by Crippen LogP contribution is 2.26. The van der Waals surface area contributed by atoms with Crippen molar-refractivity contribution in [2.45, 2.75) is 0 Å². The lowest BCUT2D eigenvalue weighted by atomic mass is 10.1. The summed E-state index contributed by atoms with van der Waals surface area (Å²) in [5.74, 6) is -0.346. The maximum Gasteiger partial charge on any atom is 0.337 e. The molecule has 5 heteroatoms. The molecular weight excluding hydrogens is 308 g/mol. The highest BCUT2D eigenvalue weighted by molar-refractivity contribution is 7.13. The molecule has 1 aromatic heterocycles. The predicted molar refractivity (Wildman–Crippen MR) is 92.6 cm³/mol. The number of benzene rings is 2. The van der Waals surface area contributed by atoms with Crippen LogP contribution in [-0.4, -0.2) is 24.3 Å². The number of thiazole rings is 1. The second kappa shape index (κ2) is 6.98. The third kappa shape index (κ3) is 3.70. The van der Waals surface area contributed by atoms with Crippen molar-refractivity contribution < 1.29 is 9.53 Å². The van der Waals surface area contributed by atoms with Crippen molar-refractivity contribution >= 4 is 28.7 Å². The second-order valence-electron chi connectivity index (χ2n) is 4.75. The molecule has 0 aliphatic carbocycles. The minimum Gasteiger partial charge on any atom is -0.465 e. The normalized spacial score (nSPS) is 10.8. The Hall–Kier alpha value is -2.79. The van der Waals surface area contributed by atoms with Gasteiger partial charge in [-0.2, -0.15) is 0 Å². The summed E-state index contributed by atoms with van der Waals surface area (Å²) in [7, 11) is 1.37. The van der Waals surface area contributed by atoms with Crippen molar-refractivity contribution in [1.29, 1.82) is 0 Å². The predicted octanol–water partition coefficient (Wildman–Crippen LogP) is 4.35.